The molecule has 1 heterocycles. The number of nitrogens with one attached hydrogen (secondary N) is 1. The van der Waals surface area contributed by atoms with Crippen LogP contribution in [0.15, 0.2) is 6.07 Å². The molecule has 0 unspecified atom stereocenters. The zero-order valence-electron chi connectivity index (χ0n) is 8.00. The number of aromatic nitrogens is 3. The van der Waals surface area contributed by atoms with Crippen LogP contribution in [0.4, 0.5) is 11.4 Å². The van der Waals surface area contributed by atoms with E-state index in [0.29, 0.717) is 0 Å². The number of fused-ring (bicyclic) bond motifs is 1. The lowest BCUT2D eigenvalue weighted by Gasteiger charge is -1.99. The van der Waals surface area contributed by atoms with E-state index < -0.39 is 9.85 Å². The summed E-state index contributed by atoms with van der Waals surface area (Å²) in [6, 6.07) is 1.15. The van der Waals surface area contributed by atoms with Gasteiger partial charge in [0.1, 0.15) is 11.1 Å². The minimum atomic E-state index is -0.690. The molecule has 2 rings (SSSR count). The second kappa shape index (κ2) is 3.22. The molecule has 9 heteroatoms. The third-order valence-electron chi connectivity index (χ3n) is 2.20. The second-order valence-corrected chi connectivity index (χ2v) is 3.09. The summed E-state index contributed by atoms with van der Waals surface area (Å²) in [4.78, 5) is 20.1. The molecule has 0 aliphatic rings. The molecule has 0 bridgehead atoms. The molecule has 0 radical (unpaired) electrons. The Hall–Kier alpha value is -2.58. The van der Waals surface area contributed by atoms with Crippen LogP contribution in [0.1, 0.15) is 5.56 Å². The molecular weight excluding hydrogens is 218 g/mol. The summed E-state index contributed by atoms with van der Waals surface area (Å²) < 4.78 is 0. The summed E-state index contributed by atoms with van der Waals surface area (Å²) in [5.74, 6) is 0. The van der Waals surface area contributed by atoms with Crippen molar-refractivity contribution in [2.75, 3.05) is 0 Å². The van der Waals surface area contributed by atoms with Crippen LogP contribution in [0.3, 0.4) is 0 Å². The van der Waals surface area contributed by atoms with Gasteiger partial charge < -0.3 is 0 Å². The lowest BCUT2D eigenvalue weighted by Crippen LogP contribution is -1.98. The molecule has 0 amide bonds. The molecule has 1 aromatic carbocycles. The predicted octanol–water partition coefficient (Wildman–Crippen LogP) is 1.08. The quantitative estimate of drug-likeness (QED) is 0.599. The topological polar surface area (TPSA) is 128 Å². The monoisotopic (exact) mass is 223 g/mol. The van der Waals surface area contributed by atoms with Crippen LogP contribution < -0.4 is 0 Å². The fourth-order valence-electron chi connectivity index (χ4n) is 1.48. The molecule has 16 heavy (non-hydrogen) atoms. The first-order chi connectivity index (χ1) is 7.52. The van der Waals surface area contributed by atoms with Crippen molar-refractivity contribution in [3.8, 4) is 0 Å². The highest BCUT2D eigenvalue weighted by Crippen LogP contribution is 2.33. The van der Waals surface area contributed by atoms with Crippen LogP contribution in [0, 0.1) is 27.2 Å². The lowest BCUT2D eigenvalue weighted by atomic mass is 10.1. The van der Waals surface area contributed by atoms with E-state index in [1.165, 1.54) is 6.92 Å². The van der Waals surface area contributed by atoms with Crippen molar-refractivity contribution < 1.29 is 9.85 Å². The second-order valence-electron chi connectivity index (χ2n) is 3.09. The fourth-order valence-corrected chi connectivity index (χ4v) is 1.48. The molecule has 0 spiro atoms. The van der Waals surface area contributed by atoms with Gasteiger partial charge in [0.15, 0.2) is 5.52 Å². The number of rotatable bonds is 2. The van der Waals surface area contributed by atoms with E-state index in [4.69, 9.17) is 0 Å². The van der Waals surface area contributed by atoms with Crippen molar-refractivity contribution in [2.24, 2.45) is 0 Å². The highest BCUT2D eigenvalue weighted by Gasteiger charge is 2.27. The molecule has 82 valence electrons. The molecule has 0 saturated heterocycles. The van der Waals surface area contributed by atoms with E-state index >= 15 is 0 Å². The van der Waals surface area contributed by atoms with Gasteiger partial charge in [0.25, 0.3) is 5.69 Å². The Bertz CT molecular complexity index is 604. The van der Waals surface area contributed by atoms with Gasteiger partial charge in [-0.05, 0) is 6.92 Å². The smallest absolute Gasteiger partial charge is 0.258 e. The van der Waals surface area contributed by atoms with E-state index in [1.807, 2.05) is 0 Å². The van der Waals surface area contributed by atoms with Gasteiger partial charge in [-0.1, -0.05) is 5.21 Å². The van der Waals surface area contributed by atoms with Crippen molar-refractivity contribution in [2.45, 2.75) is 6.92 Å². The number of nitrogens with zero attached hydrogens (tertiary/aromatic N) is 4. The number of nitro groups is 2. The van der Waals surface area contributed by atoms with Gasteiger partial charge in [0.05, 0.1) is 9.85 Å². The summed E-state index contributed by atoms with van der Waals surface area (Å²) in [5, 5.41) is 30.8. The van der Waals surface area contributed by atoms with Crippen molar-refractivity contribution in [3.05, 3.63) is 31.9 Å². The maximum absolute atomic E-state index is 10.8. The highest BCUT2D eigenvalue weighted by atomic mass is 16.6. The van der Waals surface area contributed by atoms with Gasteiger partial charge in [-0.25, -0.2) is 0 Å². The van der Waals surface area contributed by atoms with Gasteiger partial charge in [0.2, 0.25) is 0 Å². The Kier molecular flexibility index (Phi) is 2.01. The van der Waals surface area contributed by atoms with Gasteiger partial charge >= 0.3 is 5.69 Å². The molecular formula is C7H5N5O4. The molecule has 0 aliphatic carbocycles. The lowest BCUT2D eigenvalue weighted by molar-refractivity contribution is -0.394. The Morgan fingerprint density at radius 2 is 2.00 bits per heavy atom. The zero-order valence-corrected chi connectivity index (χ0v) is 8.00. The minimum Gasteiger partial charge on any atom is -0.258 e. The Morgan fingerprint density at radius 3 is 2.56 bits per heavy atom. The molecule has 0 aliphatic heterocycles. The SMILES string of the molecule is Cc1c([N+](=O)[O-])cc2nn[nH]c2c1[N+](=O)[O-]. The van der Waals surface area contributed by atoms with Crippen LogP contribution in [0.5, 0.6) is 0 Å². The van der Waals surface area contributed by atoms with Crippen LogP contribution in [0.2, 0.25) is 0 Å². The van der Waals surface area contributed by atoms with Crippen LogP contribution in [-0.4, -0.2) is 25.3 Å². The summed E-state index contributed by atoms with van der Waals surface area (Å²) >= 11 is 0. The molecule has 2 aromatic rings. The van der Waals surface area contributed by atoms with Gasteiger partial charge in [-0.15, -0.1) is 5.10 Å². The first-order valence-corrected chi connectivity index (χ1v) is 4.15. The van der Waals surface area contributed by atoms with E-state index in [2.05, 4.69) is 15.4 Å². The average molecular weight is 223 g/mol. The minimum absolute atomic E-state index is 0.0199. The number of hydrogen-bond donors (Lipinski definition) is 1. The largest absolute Gasteiger partial charge is 0.306 e. The Morgan fingerprint density at radius 1 is 1.31 bits per heavy atom. The zero-order chi connectivity index (χ0) is 11.9. The third-order valence-corrected chi connectivity index (χ3v) is 2.20. The average Bonchev–Trinajstić information content (AvgIpc) is 2.62. The Balaban J connectivity index is 2.92. The number of aromatic amines is 1. The molecule has 1 aromatic heterocycles. The van der Waals surface area contributed by atoms with Crippen molar-refractivity contribution in [3.63, 3.8) is 0 Å². The number of nitro benzene ring substituents is 2. The molecule has 0 fully saturated rings. The first kappa shape index (κ1) is 9.96. The summed E-state index contributed by atoms with van der Waals surface area (Å²) in [5.41, 5.74) is -0.534. The molecule has 0 atom stereocenters. The van der Waals surface area contributed by atoms with Gasteiger partial charge in [0, 0.05) is 6.07 Å². The maximum atomic E-state index is 10.8. The Labute approximate surface area is 87.4 Å². The van der Waals surface area contributed by atoms with Crippen molar-refractivity contribution >= 4 is 22.4 Å². The van der Waals surface area contributed by atoms with E-state index in [1.54, 1.807) is 0 Å². The first-order valence-electron chi connectivity index (χ1n) is 4.15. The number of H-pyrrole nitrogens is 1. The van der Waals surface area contributed by atoms with Crippen LogP contribution >= 0.6 is 0 Å². The molecule has 0 saturated carbocycles. The predicted molar refractivity (Wildman–Crippen MR) is 51.9 cm³/mol. The van der Waals surface area contributed by atoms with E-state index in [-0.39, 0.29) is 28.0 Å². The van der Waals surface area contributed by atoms with Crippen LogP contribution in [0.25, 0.3) is 11.0 Å². The summed E-state index contributed by atoms with van der Waals surface area (Å²) in [7, 11) is 0. The van der Waals surface area contributed by atoms with Gasteiger partial charge in [-0.3, -0.25) is 25.3 Å². The van der Waals surface area contributed by atoms with E-state index in [9.17, 15) is 20.2 Å². The normalized spacial score (nSPS) is 10.6. The molecule has 9 nitrogen and oxygen atoms in total. The third kappa shape index (κ3) is 1.26. The molecule has 1 N–H and O–H groups in total. The highest BCUT2D eigenvalue weighted by molar-refractivity contribution is 5.88. The van der Waals surface area contributed by atoms with Crippen molar-refractivity contribution in [1.29, 1.82) is 0 Å². The fraction of sp³-hybridized carbons (Fsp3) is 0.143. The van der Waals surface area contributed by atoms with Gasteiger partial charge in [-0.2, -0.15) is 0 Å². The standard InChI is InChI=1S/C7H5N5O4/c1-3-5(11(13)14)2-4-6(9-10-8-4)7(3)12(15)16/h2H,1H3,(H,8,9,10). The van der Waals surface area contributed by atoms with Crippen molar-refractivity contribution in [1.82, 2.24) is 15.4 Å². The summed E-state index contributed by atoms with van der Waals surface area (Å²) in [6.45, 7) is 1.32. The maximum Gasteiger partial charge on any atom is 0.306 e. The number of hydrogen-bond acceptors (Lipinski definition) is 6. The van der Waals surface area contributed by atoms with Crippen LogP contribution in [-0.2, 0) is 0 Å². The van der Waals surface area contributed by atoms with E-state index in [0.717, 1.165) is 6.07 Å². The summed E-state index contributed by atoms with van der Waals surface area (Å²) in [6.07, 6.45) is 0. The number of benzene rings is 1.